The molecule has 1 N–H and O–H groups in total. The van der Waals surface area contributed by atoms with Gasteiger partial charge in [-0.25, -0.2) is 9.78 Å². The summed E-state index contributed by atoms with van der Waals surface area (Å²) >= 11 is 5.53. The van der Waals surface area contributed by atoms with E-state index in [-0.39, 0.29) is 23.2 Å². The number of rotatable bonds is 2. The molecule has 5 heteroatoms. The SMILES string of the molecule is CCOC(=O)c1nc(Cl)ccc1O. The van der Waals surface area contributed by atoms with Crippen LogP contribution in [0.25, 0.3) is 0 Å². The smallest absolute Gasteiger partial charge is 0.360 e. The Morgan fingerprint density at radius 3 is 3.00 bits per heavy atom. The highest BCUT2D eigenvalue weighted by atomic mass is 35.5. The summed E-state index contributed by atoms with van der Waals surface area (Å²) in [5.74, 6) is -0.912. The fourth-order valence-electron chi connectivity index (χ4n) is 0.778. The molecule has 0 amide bonds. The van der Waals surface area contributed by atoms with Crippen molar-refractivity contribution in [3.63, 3.8) is 0 Å². The summed E-state index contributed by atoms with van der Waals surface area (Å²) in [5.41, 5.74) is -0.158. The first-order chi connectivity index (χ1) is 6.15. The van der Waals surface area contributed by atoms with Gasteiger partial charge in [-0.3, -0.25) is 0 Å². The van der Waals surface area contributed by atoms with Gasteiger partial charge in [-0.2, -0.15) is 0 Å². The molecule has 1 aromatic rings. The molecule has 0 aliphatic rings. The zero-order chi connectivity index (χ0) is 9.84. The number of hydrogen-bond acceptors (Lipinski definition) is 4. The molecule has 0 spiro atoms. The van der Waals surface area contributed by atoms with Crippen molar-refractivity contribution in [1.29, 1.82) is 0 Å². The predicted molar refractivity (Wildman–Crippen MR) is 46.9 cm³/mol. The molecule has 0 aromatic carbocycles. The van der Waals surface area contributed by atoms with Crippen LogP contribution in [0.5, 0.6) is 5.75 Å². The molecule has 13 heavy (non-hydrogen) atoms. The average Bonchev–Trinajstić information content (AvgIpc) is 2.09. The topological polar surface area (TPSA) is 59.4 Å². The quantitative estimate of drug-likeness (QED) is 0.584. The Morgan fingerprint density at radius 2 is 2.38 bits per heavy atom. The molecule has 1 rings (SSSR count). The summed E-state index contributed by atoms with van der Waals surface area (Å²) in [5, 5.41) is 9.35. The second-order valence-corrected chi connectivity index (χ2v) is 2.61. The molecule has 0 radical (unpaired) electrons. The summed E-state index contributed by atoms with van der Waals surface area (Å²) in [6.07, 6.45) is 0. The van der Waals surface area contributed by atoms with Gasteiger partial charge in [-0.05, 0) is 19.1 Å². The number of halogens is 1. The molecule has 1 aromatic heterocycles. The maximum atomic E-state index is 11.1. The fraction of sp³-hybridized carbons (Fsp3) is 0.250. The van der Waals surface area contributed by atoms with Crippen molar-refractivity contribution in [3.8, 4) is 5.75 Å². The molecule has 1 heterocycles. The van der Waals surface area contributed by atoms with Gasteiger partial charge in [0.05, 0.1) is 6.61 Å². The highest BCUT2D eigenvalue weighted by Gasteiger charge is 2.14. The minimum atomic E-state index is -0.678. The minimum Gasteiger partial charge on any atom is -0.505 e. The molecule has 70 valence electrons. The normalized spacial score (nSPS) is 9.69. The van der Waals surface area contributed by atoms with E-state index in [2.05, 4.69) is 9.72 Å². The molecule has 0 unspecified atom stereocenters. The van der Waals surface area contributed by atoms with Crippen LogP contribution in [-0.4, -0.2) is 22.7 Å². The summed E-state index contributed by atoms with van der Waals surface area (Å²) in [7, 11) is 0. The molecule has 0 atom stereocenters. The van der Waals surface area contributed by atoms with Crippen LogP contribution >= 0.6 is 11.6 Å². The van der Waals surface area contributed by atoms with Gasteiger partial charge in [0.15, 0.2) is 5.69 Å². The standard InChI is InChI=1S/C8H8ClNO3/c1-2-13-8(12)7-5(11)3-4-6(9)10-7/h3-4,11H,2H2,1H3. The summed E-state index contributed by atoms with van der Waals surface area (Å²) in [6, 6.07) is 2.68. The number of hydrogen-bond donors (Lipinski definition) is 1. The molecular weight excluding hydrogens is 194 g/mol. The third-order valence-corrected chi connectivity index (χ3v) is 1.52. The lowest BCUT2D eigenvalue weighted by atomic mass is 10.3. The highest BCUT2D eigenvalue weighted by molar-refractivity contribution is 6.29. The lowest BCUT2D eigenvalue weighted by molar-refractivity contribution is 0.0516. The number of esters is 1. The summed E-state index contributed by atoms with van der Waals surface area (Å²) < 4.78 is 4.64. The Bertz CT molecular complexity index is 327. The maximum Gasteiger partial charge on any atom is 0.360 e. The third kappa shape index (κ3) is 2.32. The monoisotopic (exact) mass is 201 g/mol. The van der Waals surface area contributed by atoms with Gasteiger partial charge in [0.2, 0.25) is 0 Å². The van der Waals surface area contributed by atoms with Crippen molar-refractivity contribution >= 4 is 17.6 Å². The molecule has 0 fully saturated rings. The van der Waals surface area contributed by atoms with Gasteiger partial charge in [-0.1, -0.05) is 11.6 Å². The number of pyridine rings is 1. The van der Waals surface area contributed by atoms with Crippen LogP contribution in [0.1, 0.15) is 17.4 Å². The average molecular weight is 202 g/mol. The number of nitrogens with zero attached hydrogens (tertiary/aromatic N) is 1. The van der Waals surface area contributed by atoms with Crippen LogP contribution in [0.4, 0.5) is 0 Å². The van der Waals surface area contributed by atoms with Gasteiger partial charge in [0.1, 0.15) is 10.9 Å². The molecule has 0 aliphatic carbocycles. The van der Waals surface area contributed by atoms with E-state index in [0.717, 1.165) is 0 Å². The number of ether oxygens (including phenoxy) is 1. The number of aromatic nitrogens is 1. The molecular formula is C8H8ClNO3. The van der Waals surface area contributed by atoms with Crippen LogP contribution in [0.15, 0.2) is 12.1 Å². The highest BCUT2D eigenvalue weighted by Crippen LogP contribution is 2.18. The summed E-state index contributed by atoms with van der Waals surface area (Å²) in [4.78, 5) is 14.7. The fourth-order valence-corrected chi connectivity index (χ4v) is 0.925. The van der Waals surface area contributed by atoms with E-state index < -0.39 is 5.97 Å². The van der Waals surface area contributed by atoms with Crippen molar-refractivity contribution < 1.29 is 14.6 Å². The van der Waals surface area contributed by atoms with Crippen LogP contribution in [-0.2, 0) is 4.74 Å². The zero-order valence-electron chi connectivity index (χ0n) is 6.95. The first kappa shape index (κ1) is 9.80. The van der Waals surface area contributed by atoms with E-state index in [9.17, 15) is 9.90 Å². The zero-order valence-corrected chi connectivity index (χ0v) is 7.71. The Balaban J connectivity index is 2.99. The van der Waals surface area contributed by atoms with Crippen molar-refractivity contribution in [2.75, 3.05) is 6.61 Å². The largest absolute Gasteiger partial charge is 0.505 e. The second kappa shape index (κ2) is 4.09. The number of carbonyl (C=O) groups excluding carboxylic acids is 1. The Hall–Kier alpha value is -1.29. The van der Waals surface area contributed by atoms with Crippen molar-refractivity contribution in [2.45, 2.75) is 6.92 Å². The van der Waals surface area contributed by atoms with E-state index in [1.807, 2.05) is 0 Å². The molecule has 0 saturated carbocycles. The van der Waals surface area contributed by atoms with Crippen LogP contribution in [0.2, 0.25) is 5.15 Å². The Kier molecular flexibility index (Phi) is 3.08. The van der Waals surface area contributed by atoms with E-state index in [1.165, 1.54) is 12.1 Å². The van der Waals surface area contributed by atoms with Crippen LogP contribution < -0.4 is 0 Å². The van der Waals surface area contributed by atoms with Crippen LogP contribution in [0.3, 0.4) is 0 Å². The van der Waals surface area contributed by atoms with Gasteiger partial charge in [0.25, 0.3) is 0 Å². The van der Waals surface area contributed by atoms with E-state index in [0.29, 0.717) is 0 Å². The molecule has 0 aliphatic heterocycles. The molecule has 0 saturated heterocycles. The molecule has 0 bridgehead atoms. The predicted octanol–water partition coefficient (Wildman–Crippen LogP) is 1.62. The van der Waals surface area contributed by atoms with Gasteiger partial charge >= 0.3 is 5.97 Å². The lowest BCUT2D eigenvalue weighted by Crippen LogP contribution is -2.07. The Labute approximate surface area is 80.1 Å². The Morgan fingerprint density at radius 1 is 1.69 bits per heavy atom. The lowest BCUT2D eigenvalue weighted by Gasteiger charge is -2.02. The maximum absolute atomic E-state index is 11.1. The van der Waals surface area contributed by atoms with Crippen LogP contribution in [0, 0.1) is 0 Å². The first-order valence-electron chi connectivity index (χ1n) is 3.67. The molecule has 4 nitrogen and oxygen atoms in total. The van der Waals surface area contributed by atoms with Crippen molar-refractivity contribution in [1.82, 2.24) is 4.98 Å². The van der Waals surface area contributed by atoms with Crippen molar-refractivity contribution in [3.05, 3.63) is 23.0 Å². The van der Waals surface area contributed by atoms with Crippen molar-refractivity contribution in [2.24, 2.45) is 0 Å². The van der Waals surface area contributed by atoms with E-state index >= 15 is 0 Å². The first-order valence-corrected chi connectivity index (χ1v) is 4.05. The van der Waals surface area contributed by atoms with Gasteiger partial charge in [-0.15, -0.1) is 0 Å². The van der Waals surface area contributed by atoms with E-state index in [4.69, 9.17) is 11.6 Å². The van der Waals surface area contributed by atoms with E-state index in [1.54, 1.807) is 6.92 Å². The second-order valence-electron chi connectivity index (χ2n) is 2.22. The van der Waals surface area contributed by atoms with Gasteiger partial charge in [0, 0.05) is 0 Å². The minimum absolute atomic E-state index is 0.140. The third-order valence-electron chi connectivity index (χ3n) is 1.31. The number of carbonyl (C=O) groups is 1. The summed E-state index contributed by atoms with van der Waals surface area (Å²) in [6.45, 7) is 1.89. The number of aromatic hydroxyl groups is 1. The van der Waals surface area contributed by atoms with Gasteiger partial charge < -0.3 is 9.84 Å².